The third-order valence-electron chi connectivity index (χ3n) is 5.19. The standard InChI is InChI=1S/C22H18N4O4S/c1-2-30-21(29)13-7-9-14(10-8-13)25-11-23-22-26(12-25)20(28)18(31-22)17-15-5-3-4-6-16(15)24-19(17)27/h3-10H,2,11-12H2,1H3,(H,24,27)/b18-17+. The second-order valence-electron chi connectivity index (χ2n) is 7.07. The van der Waals surface area contributed by atoms with Crippen LogP contribution in [0.1, 0.15) is 22.8 Å². The Kier molecular flexibility index (Phi) is 4.67. The highest BCUT2D eigenvalue weighted by Crippen LogP contribution is 2.29. The van der Waals surface area contributed by atoms with E-state index in [0.717, 1.165) is 11.3 Å². The number of carbonyl (C=O) groups is 2. The molecule has 0 fully saturated rings. The number of thiazole rings is 1. The highest BCUT2D eigenvalue weighted by molar-refractivity contribution is 7.07. The zero-order valence-corrected chi connectivity index (χ0v) is 17.4. The first-order chi connectivity index (χ1) is 15.1. The van der Waals surface area contributed by atoms with Crippen molar-refractivity contribution in [3.8, 4) is 0 Å². The van der Waals surface area contributed by atoms with E-state index in [0.29, 0.717) is 46.1 Å². The van der Waals surface area contributed by atoms with Gasteiger partial charge in [-0.3, -0.25) is 14.2 Å². The van der Waals surface area contributed by atoms with Gasteiger partial charge in [0.25, 0.3) is 11.5 Å². The van der Waals surface area contributed by atoms with Crippen LogP contribution in [0, 0.1) is 0 Å². The van der Waals surface area contributed by atoms with E-state index in [1.807, 2.05) is 29.2 Å². The van der Waals surface area contributed by atoms with E-state index in [1.165, 1.54) is 11.3 Å². The zero-order chi connectivity index (χ0) is 21.5. The molecule has 3 aromatic rings. The first-order valence-electron chi connectivity index (χ1n) is 9.78. The van der Waals surface area contributed by atoms with Gasteiger partial charge in [-0.2, -0.15) is 0 Å². The Labute approximate surface area is 180 Å². The molecule has 0 aliphatic carbocycles. The number of esters is 1. The van der Waals surface area contributed by atoms with Crippen molar-refractivity contribution in [1.82, 2.24) is 4.57 Å². The van der Waals surface area contributed by atoms with Gasteiger partial charge >= 0.3 is 5.97 Å². The fourth-order valence-electron chi connectivity index (χ4n) is 3.69. The Balaban J connectivity index is 1.50. The topological polar surface area (TPSA) is 93.0 Å². The highest BCUT2D eigenvalue weighted by Gasteiger charge is 2.27. The van der Waals surface area contributed by atoms with Gasteiger partial charge < -0.3 is 15.0 Å². The van der Waals surface area contributed by atoms with Gasteiger partial charge in [-0.1, -0.05) is 29.5 Å². The Hall–Kier alpha value is -3.72. The van der Waals surface area contributed by atoms with Crippen molar-refractivity contribution in [3.05, 3.63) is 79.3 Å². The molecule has 0 radical (unpaired) electrons. The molecule has 3 heterocycles. The largest absolute Gasteiger partial charge is 0.462 e. The Morgan fingerprint density at radius 2 is 1.94 bits per heavy atom. The van der Waals surface area contributed by atoms with E-state index in [1.54, 1.807) is 35.8 Å². The quantitative estimate of drug-likeness (QED) is 0.627. The Morgan fingerprint density at radius 3 is 2.71 bits per heavy atom. The number of rotatable bonds is 3. The molecule has 1 aromatic heterocycles. The summed E-state index contributed by atoms with van der Waals surface area (Å²) in [6.07, 6.45) is 0. The van der Waals surface area contributed by atoms with E-state index in [2.05, 4.69) is 10.3 Å². The van der Waals surface area contributed by atoms with E-state index in [4.69, 9.17) is 4.74 Å². The molecule has 0 bridgehead atoms. The van der Waals surface area contributed by atoms with Crippen LogP contribution in [-0.2, 0) is 16.2 Å². The maximum Gasteiger partial charge on any atom is 0.338 e. The van der Waals surface area contributed by atoms with Gasteiger partial charge in [-0.25, -0.2) is 9.79 Å². The zero-order valence-electron chi connectivity index (χ0n) is 16.6. The van der Waals surface area contributed by atoms with Crippen molar-refractivity contribution in [2.75, 3.05) is 23.5 Å². The number of hydrogen-bond acceptors (Lipinski definition) is 7. The van der Waals surface area contributed by atoms with Crippen LogP contribution in [0.5, 0.6) is 0 Å². The summed E-state index contributed by atoms with van der Waals surface area (Å²) in [6, 6.07) is 14.3. The van der Waals surface area contributed by atoms with Crippen LogP contribution in [0.4, 0.5) is 11.4 Å². The number of aromatic nitrogens is 1. The van der Waals surface area contributed by atoms with Crippen molar-refractivity contribution in [1.29, 1.82) is 0 Å². The van der Waals surface area contributed by atoms with Gasteiger partial charge in [0.05, 0.1) is 17.7 Å². The van der Waals surface area contributed by atoms with Crippen LogP contribution < -0.4 is 25.1 Å². The summed E-state index contributed by atoms with van der Waals surface area (Å²) in [5.41, 5.74) is 2.90. The van der Waals surface area contributed by atoms with Crippen LogP contribution in [0.25, 0.3) is 5.57 Å². The number of nitrogens with zero attached hydrogens (tertiary/aromatic N) is 3. The smallest absolute Gasteiger partial charge is 0.338 e. The molecule has 2 aromatic carbocycles. The summed E-state index contributed by atoms with van der Waals surface area (Å²) in [5, 5.41) is 2.82. The van der Waals surface area contributed by atoms with E-state index in [9.17, 15) is 14.4 Å². The minimum atomic E-state index is -0.370. The number of carbonyl (C=O) groups excluding carboxylic acids is 2. The maximum absolute atomic E-state index is 13.2. The molecule has 2 aliphatic rings. The summed E-state index contributed by atoms with van der Waals surface area (Å²) in [6.45, 7) is 2.76. The van der Waals surface area contributed by atoms with Crippen molar-refractivity contribution in [2.24, 2.45) is 4.99 Å². The van der Waals surface area contributed by atoms with E-state index in [-0.39, 0.29) is 17.4 Å². The summed E-state index contributed by atoms with van der Waals surface area (Å²) in [7, 11) is 0. The number of hydrogen-bond donors (Lipinski definition) is 1. The minimum absolute atomic E-state index is 0.238. The molecule has 1 amide bonds. The number of nitrogens with one attached hydrogen (secondary N) is 1. The van der Waals surface area contributed by atoms with Crippen molar-refractivity contribution < 1.29 is 14.3 Å². The third kappa shape index (κ3) is 3.23. The molecule has 9 heteroatoms. The molecule has 1 N–H and O–H groups in total. The molecule has 0 unspecified atom stereocenters. The number of fused-ring (bicyclic) bond motifs is 2. The van der Waals surface area contributed by atoms with E-state index < -0.39 is 0 Å². The van der Waals surface area contributed by atoms with Gasteiger partial charge in [0, 0.05) is 16.9 Å². The number of para-hydroxylation sites is 1. The highest BCUT2D eigenvalue weighted by atomic mass is 32.1. The van der Waals surface area contributed by atoms with Gasteiger partial charge in [0.1, 0.15) is 17.9 Å². The lowest BCUT2D eigenvalue weighted by molar-refractivity contribution is -0.110. The molecule has 31 heavy (non-hydrogen) atoms. The Morgan fingerprint density at radius 1 is 1.16 bits per heavy atom. The lowest BCUT2D eigenvalue weighted by atomic mass is 10.1. The average molecular weight is 434 g/mol. The fourth-order valence-corrected chi connectivity index (χ4v) is 4.75. The van der Waals surface area contributed by atoms with Gasteiger partial charge in [-0.15, -0.1) is 0 Å². The first kappa shape index (κ1) is 19.3. The Bertz CT molecular complexity index is 1390. The fraction of sp³-hybridized carbons (Fsp3) is 0.182. The molecular weight excluding hydrogens is 416 g/mol. The maximum atomic E-state index is 13.2. The van der Waals surface area contributed by atoms with Crippen LogP contribution in [0.15, 0.2) is 58.3 Å². The first-order valence-corrected chi connectivity index (χ1v) is 10.6. The molecule has 8 nitrogen and oxygen atoms in total. The van der Waals surface area contributed by atoms with Crippen molar-refractivity contribution >= 4 is 40.2 Å². The number of benzene rings is 2. The number of amides is 1. The molecule has 0 saturated heterocycles. The monoisotopic (exact) mass is 434 g/mol. The molecular formula is C22H18N4O4S. The molecule has 156 valence electrons. The van der Waals surface area contributed by atoms with E-state index >= 15 is 0 Å². The van der Waals surface area contributed by atoms with Gasteiger partial charge in [0.15, 0.2) is 4.80 Å². The summed E-state index contributed by atoms with van der Waals surface area (Å²) < 4.78 is 6.97. The van der Waals surface area contributed by atoms with Crippen molar-refractivity contribution in [3.63, 3.8) is 0 Å². The lowest BCUT2D eigenvalue weighted by Crippen LogP contribution is -2.43. The SMILES string of the molecule is CCOC(=O)c1ccc(N2CN=c3s/c(=C4/C(=O)Nc5ccccc54)c(=O)n3C2)cc1. The van der Waals surface area contributed by atoms with Gasteiger partial charge in [0.2, 0.25) is 0 Å². The van der Waals surface area contributed by atoms with Crippen molar-refractivity contribution in [2.45, 2.75) is 13.6 Å². The van der Waals surface area contributed by atoms with Crippen LogP contribution in [-0.4, -0.2) is 29.7 Å². The second kappa shape index (κ2) is 7.51. The lowest BCUT2D eigenvalue weighted by Gasteiger charge is -2.25. The molecule has 0 saturated carbocycles. The summed E-state index contributed by atoms with van der Waals surface area (Å²) >= 11 is 1.23. The molecule has 0 spiro atoms. The molecule has 0 atom stereocenters. The third-order valence-corrected chi connectivity index (χ3v) is 6.31. The predicted octanol–water partition coefficient (Wildman–Crippen LogP) is 1.29. The minimum Gasteiger partial charge on any atom is -0.462 e. The van der Waals surface area contributed by atoms with Crippen LogP contribution >= 0.6 is 11.3 Å². The van der Waals surface area contributed by atoms with Crippen LogP contribution in [0.2, 0.25) is 0 Å². The summed E-state index contributed by atoms with van der Waals surface area (Å²) in [5.74, 6) is -0.644. The number of ether oxygens (including phenoxy) is 1. The second-order valence-corrected chi connectivity index (χ2v) is 8.05. The predicted molar refractivity (Wildman–Crippen MR) is 117 cm³/mol. The van der Waals surface area contributed by atoms with Gasteiger partial charge in [-0.05, 0) is 37.3 Å². The summed E-state index contributed by atoms with van der Waals surface area (Å²) in [4.78, 5) is 44.6. The molecule has 2 aliphatic heterocycles. The average Bonchev–Trinajstić information content (AvgIpc) is 3.29. The van der Waals surface area contributed by atoms with Crippen LogP contribution in [0.3, 0.4) is 0 Å². The molecule has 5 rings (SSSR count). The number of anilines is 2. The normalized spacial score (nSPS) is 16.3.